The summed E-state index contributed by atoms with van der Waals surface area (Å²) in [4.78, 5) is 0. The topological polar surface area (TPSA) is 96.5 Å². The fourth-order valence-electron chi connectivity index (χ4n) is 3.62. The summed E-state index contributed by atoms with van der Waals surface area (Å²) in [5, 5.41) is 24.3. The van der Waals surface area contributed by atoms with Gasteiger partial charge in [-0.15, -0.1) is 0 Å². The summed E-state index contributed by atoms with van der Waals surface area (Å²) in [6.45, 7) is 9.08. The first-order valence-electron chi connectivity index (χ1n) is 10.5. The molecule has 2 N–H and O–H groups in total. The van der Waals surface area contributed by atoms with Crippen molar-refractivity contribution < 1.29 is 17.4 Å². The largest absolute Gasteiger partial charge is 0 e. The van der Waals surface area contributed by atoms with Crippen molar-refractivity contribution in [1.29, 1.82) is 0 Å². The fourth-order valence-corrected chi connectivity index (χ4v) is 3.62. The molecule has 175 valence electrons. The van der Waals surface area contributed by atoms with Crippen molar-refractivity contribution in [2.75, 3.05) is 39.3 Å². The van der Waals surface area contributed by atoms with E-state index in [1.54, 1.807) is 0 Å². The second kappa shape index (κ2) is 17.5. The van der Waals surface area contributed by atoms with Gasteiger partial charge in [-0.05, 0) is 13.0 Å². The van der Waals surface area contributed by atoms with Gasteiger partial charge in [0.05, 0.1) is 0 Å². The number of hydrogen-bond donors (Lipinski definition) is 1. The van der Waals surface area contributed by atoms with Gasteiger partial charge in [-0.1, -0.05) is 46.0 Å². The van der Waals surface area contributed by atoms with E-state index in [9.17, 15) is 0 Å². The first-order valence-corrected chi connectivity index (χ1v) is 13.8. The molecule has 1 heterocycles. The van der Waals surface area contributed by atoms with E-state index in [0.29, 0.717) is 12.1 Å². The second-order valence-electron chi connectivity index (χ2n) is 7.66. The molecule has 1 aliphatic carbocycles. The number of nitrogens with two attached hydrogens (primary N) is 1. The van der Waals surface area contributed by atoms with Gasteiger partial charge in [0.15, 0.2) is 0 Å². The van der Waals surface area contributed by atoms with Gasteiger partial charge < -0.3 is 32.3 Å². The predicted octanol–water partition coefficient (Wildman–Crippen LogP) is 6.18. The molecular formula is C19H43Cl2MnN6-5. The van der Waals surface area contributed by atoms with Crippen molar-refractivity contribution in [2.24, 2.45) is 5.73 Å². The Labute approximate surface area is 191 Å². The molecule has 0 unspecified atom stereocenters. The van der Waals surface area contributed by atoms with E-state index in [1.165, 1.54) is 25.7 Å². The first-order chi connectivity index (χ1) is 13.6. The van der Waals surface area contributed by atoms with Crippen molar-refractivity contribution in [3.05, 3.63) is 26.6 Å². The Bertz CT molecular complexity index is 384. The molecule has 6 nitrogen and oxygen atoms in total. The summed E-state index contributed by atoms with van der Waals surface area (Å²) in [6.07, 6.45) is 6.97. The van der Waals surface area contributed by atoms with Crippen LogP contribution in [0.5, 0.6) is 0 Å². The van der Waals surface area contributed by atoms with Crippen LogP contribution in [-0.4, -0.2) is 69.5 Å². The Hall–Kier alpha value is 0.859. The van der Waals surface area contributed by atoms with Crippen LogP contribution in [0.4, 0.5) is 0 Å². The van der Waals surface area contributed by atoms with Gasteiger partial charge >= 0.3 is 33.3 Å². The minimum atomic E-state index is 0. The third kappa shape index (κ3) is 12.5. The number of hydrogen-bond acceptors (Lipinski definition) is 1. The minimum absolute atomic E-state index is 0. The van der Waals surface area contributed by atoms with Crippen LogP contribution in [0.1, 0.15) is 56.7 Å². The van der Waals surface area contributed by atoms with Crippen LogP contribution in [0.15, 0.2) is 0 Å². The Morgan fingerprint density at radius 2 is 1.43 bits per heavy atom. The number of rotatable bonds is 3. The van der Waals surface area contributed by atoms with Crippen molar-refractivity contribution in [2.45, 2.75) is 82.6 Å². The zero-order valence-corrected chi connectivity index (χ0v) is 20.0. The summed E-state index contributed by atoms with van der Waals surface area (Å²) in [5.41, 5.74) is 5.71. The van der Waals surface area contributed by atoms with Crippen molar-refractivity contribution in [1.82, 2.24) is 0 Å². The van der Waals surface area contributed by atoms with Gasteiger partial charge in [0, 0.05) is 4.28 Å². The average molecular weight is 481 g/mol. The normalized spacial score (nSPS) is 33.5. The summed E-state index contributed by atoms with van der Waals surface area (Å²) in [7, 11) is 9.59. The zero-order valence-electron chi connectivity index (χ0n) is 17.3. The Kier molecular flexibility index (Phi) is 16.8. The molecule has 2 rings (SSSR count). The average Bonchev–Trinajstić information content (AvgIpc) is 2.70. The van der Waals surface area contributed by atoms with E-state index < -0.39 is 0 Å². The van der Waals surface area contributed by atoms with Crippen molar-refractivity contribution in [3.8, 4) is 0 Å². The maximum absolute atomic E-state index is 5.71. The standard InChI is InChI=1S/C19H37N6.2ClH.Mn.3H2/c1-15-12-23-16(2)13-24-17(6-5-9-20)14-25-19-8-4-3-7-18(19)22-11-10-21-15;;;;;;/h15-19H,3-14,20H2,1-2H3;2*1H;;3*1H/q-5;;;+2;;;/p-2/t15-,16+,17-,18+,19+;;;;;;/m0....../s1. The third-order valence-electron chi connectivity index (χ3n) is 5.20. The van der Waals surface area contributed by atoms with Crippen LogP contribution >= 0.6 is 20.2 Å². The molecule has 1 saturated heterocycles. The maximum Gasteiger partial charge on any atom is 0 e. The molecule has 0 bridgehead atoms. The Morgan fingerprint density at radius 3 is 2.11 bits per heavy atom. The molecule has 0 aromatic rings. The molecule has 1 saturated carbocycles. The quantitative estimate of drug-likeness (QED) is 0.479. The van der Waals surface area contributed by atoms with Gasteiger partial charge in [0.2, 0.25) is 0 Å². The molecule has 0 aromatic carbocycles. The summed E-state index contributed by atoms with van der Waals surface area (Å²) >= 11 is 0.00694. The third-order valence-corrected chi connectivity index (χ3v) is 5.20. The Balaban J connectivity index is -0.00000123. The second-order valence-corrected chi connectivity index (χ2v) is 9.61. The van der Waals surface area contributed by atoms with E-state index >= 15 is 0 Å². The van der Waals surface area contributed by atoms with E-state index in [0.717, 1.165) is 52.1 Å². The molecule has 0 spiro atoms. The number of fused-ring (bicyclic) bond motifs is 1. The van der Waals surface area contributed by atoms with Crippen molar-refractivity contribution in [3.63, 3.8) is 0 Å². The maximum atomic E-state index is 5.71. The van der Waals surface area contributed by atoms with E-state index in [2.05, 4.69) is 13.8 Å². The number of nitrogens with zero attached hydrogens (tertiary/aromatic N) is 5. The SMILES string of the molecule is C[C@@H]1C[N-][C@@H](CCCN)C[N-][C@@H]2CCCC[C@H]2[N-]CC[N-][C@@H](C)C[N-]1.[Cl][Mn][Cl].[HH].[HH].[HH]. The van der Waals surface area contributed by atoms with Crippen LogP contribution < -0.4 is 5.73 Å². The minimum Gasteiger partial charge on any atom is 0 e. The van der Waals surface area contributed by atoms with Gasteiger partial charge in [-0.25, -0.2) is 0 Å². The van der Waals surface area contributed by atoms with Crippen LogP contribution in [0.3, 0.4) is 0 Å². The molecule has 9 heteroatoms. The molecule has 28 heavy (non-hydrogen) atoms. The summed E-state index contributed by atoms with van der Waals surface area (Å²) < 4.78 is 0. The zero-order chi connectivity index (χ0) is 20.6. The van der Waals surface area contributed by atoms with Gasteiger partial charge in [0.1, 0.15) is 0 Å². The molecule has 0 aromatic heterocycles. The van der Waals surface area contributed by atoms with E-state index in [4.69, 9.17) is 52.5 Å². The monoisotopic (exact) mass is 480 g/mol. The summed E-state index contributed by atoms with van der Waals surface area (Å²) in [6, 6.07) is 1.60. The van der Waals surface area contributed by atoms with E-state index in [1.807, 2.05) is 0 Å². The van der Waals surface area contributed by atoms with Crippen molar-refractivity contribution >= 4 is 20.2 Å². The first kappa shape index (κ1) is 26.9. The Morgan fingerprint density at radius 1 is 0.857 bits per heavy atom. The predicted molar refractivity (Wildman–Crippen MR) is 126 cm³/mol. The molecule has 2 fully saturated rings. The van der Waals surface area contributed by atoms with Gasteiger partial charge in [0.25, 0.3) is 0 Å². The van der Waals surface area contributed by atoms with Gasteiger partial charge in [-0.2, -0.15) is 62.9 Å². The van der Waals surface area contributed by atoms with Crippen LogP contribution in [0.25, 0.3) is 26.6 Å². The van der Waals surface area contributed by atoms with E-state index in [-0.39, 0.29) is 35.5 Å². The van der Waals surface area contributed by atoms with Crippen LogP contribution in [0, 0.1) is 0 Å². The molecule has 0 amide bonds. The molecule has 5 atom stereocenters. The molecular weight excluding hydrogens is 438 g/mol. The number of halogens is 2. The fraction of sp³-hybridized carbons (Fsp3) is 1.00. The smallest absolute Gasteiger partial charge is 0 e. The molecule has 0 radical (unpaired) electrons. The van der Waals surface area contributed by atoms with Gasteiger partial charge in [-0.3, -0.25) is 0 Å². The van der Waals surface area contributed by atoms with Crippen LogP contribution in [0.2, 0.25) is 0 Å². The molecule has 1 aliphatic heterocycles. The molecule has 2 aliphatic rings. The van der Waals surface area contributed by atoms with Crippen LogP contribution in [-0.2, 0) is 13.1 Å². The summed E-state index contributed by atoms with van der Waals surface area (Å²) in [5.74, 6) is 0.